The number of carbonyl (C=O) groups is 1. The van der Waals surface area contributed by atoms with E-state index in [1.807, 2.05) is 60.5 Å². The number of ether oxygens (including phenoxy) is 2. The van der Waals surface area contributed by atoms with Gasteiger partial charge in [-0.05, 0) is 57.8 Å². The molecule has 3 aromatic rings. The number of hydrogen-bond donors (Lipinski definition) is 0. The van der Waals surface area contributed by atoms with E-state index in [9.17, 15) is 4.79 Å². The van der Waals surface area contributed by atoms with Crippen LogP contribution in [0.15, 0.2) is 53.2 Å². The maximum absolute atomic E-state index is 12.6. The van der Waals surface area contributed by atoms with Crippen molar-refractivity contribution in [2.24, 2.45) is 5.92 Å². The van der Waals surface area contributed by atoms with Gasteiger partial charge < -0.3 is 14.4 Å². The van der Waals surface area contributed by atoms with E-state index in [1.165, 1.54) is 0 Å². The van der Waals surface area contributed by atoms with Gasteiger partial charge in [-0.1, -0.05) is 37.6 Å². The van der Waals surface area contributed by atoms with E-state index in [-0.39, 0.29) is 11.8 Å². The van der Waals surface area contributed by atoms with Crippen LogP contribution in [0.3, 0.4) is 0 Å². The summed E-state index contributed by atoms with van der Waals surface area (Å²) in [7, 11) is 0. The molecule has 1 amide bonds. The third-order valence-corrected chi connectivity index (χ3v) is 6.01. The Morgan fingerprint density at radius 1 is 1.23 bits per heavy atom. The van der Waals surface area contributed by atoms with Gasteiger partial charge in [0.05, 0.1) is 6.54 Å². The highest BCUT2D eigenvalue weighted by Crippen LogP contribution is 2.39. The molecule has 0 fully saturated rings. The lowest BCUT2D eigenvalue weighted by Gasteiger charge is -2.22. The minimum absolute atomic E-state index is 0.0584. The van der Waals surface area contributed by atoms with Crippen molar-refractivity contribution in [3.8, 4) is 22.6 Å². The van der Waals surface area contributed by atoms with Crippen LogP contribution in [0.2, 0.25) is 5.02 Å². The van der Waals surface area contributed by atoms with Crippen LogP contribution in [0, 0.1) is 5.92 Å². The largest absolute Gasteiger partial charge is 0.487 e. The molecule has 0 bridgehead atoms. The Labute approximate surface area is 186 Å². The molecule has 6 heteroatoms. The summed E-state index contributed by atoms with van der Waals surface area (Å²) in [5, 5.41) is 4.78. The molecule has 4 nitrogen and oxygen atoms in total. The molecule has 2 aromatic carbocycles. The fourth-order valence-corrected chi connectivity index (χ4v) is 4.36. The zero-order valence-electron chi connectivity index (χ0n) is 17.1. The molecule has 4 rings (SSSR count). The molecule has 0 atom stereocenters. The highest BCUT2D eigenvalue weighted by molar-refractivity contribution is 7.07. The Balaban J connectivity index is 1.74. The minimum atomic E-state index is -0.0584. The normalized spacial score (nSPS) is 13.5. The summed E-state index contributed by atoms with van der Waals surface area (Å²) < 4.78 is 12.3. The Morgan fingerprint density at radius 2 is 2.10 bits per heavy atom. The van der Waals surface area contributed by atoms with E-state index in [4.69, 9.17) is 21.1 Å². The fraction of sp³-hybridized carbons (Fsp3) is 0.292. The Morgan fingerprint density at radius 3 is 2.83 bits per heavy atom. The summed E-state index contributed by atoms with van der Waals surface area (Å²) in [5.74, 6) is 1.47. The second-order valence-corrected chi connectivity index (χ2v) is 8.87. The van der Waals surface area contributed by atoms with Crippen LogP contribution in [0.25, 0.3) is 11.1 Å². The van der Waals surface area contributed by atoms with Crippen molar-refractivity contribution in [2.45, 2.75) is 27.0 Å². The van der Waals surface area contributed by atoms with Crippen molar-refractivity contribution in [2.75, 3.05) is 13.2 Å². The van der Waals surface area contributed by atoms with Crippen molar-refractivity contribution in [3.63, 3.8) is 0 Å². The number of fused-ring (bicyclic) bond motifs is 1. The Bertz CT molecular complexity index is 1030. The summed E-state index contributed by atoms with van der Waals surface area (Å²) in [4.78, 5) is 14.5. The van der Waals surface area contributed by atoms with E-state index in [1.54, 1.807) is 11.3 Å². The third-order valence-electron chi connectivity index (χ3n) is 5.04. The van der Waals surface area contributed by atoms with Crippen LogP contribution >= 0.6 is 22.9 Å². The quantitative estimate of drug-likeness (QED) is 0.485. The van der Waals surface area contributed by atoms with Crippen molar-refractivity contribution in [1.82, 2.24) is 4.90 Å². The third kappa shape index (κ3) is 4.63. The van der Waals surface area contributed by atoms with Crippen LogP contribution in [0.1, 0.15) is 25.0 Å². The van der Waals surface area contributed by atoms with E-state index < -0.39 is 0 Å². The molecular weight excluding hydrogens is 418 g/mol. The van der Waals surface area contributed by atoms with E-state index >= 15 is 0 Å². The summed E-state index contributed by atoms with van der Waals surface area (Å²) in [6.07, 6.45) is 0. The molecule has 0 aliphatic carbocycles. The molecule has 0 radical (unpaired) electrons. The maximum Gasteiger partial charge on any atom is 0.225 e. The topological polar surface area (TPSA) is 38.8 Å². The lowest BCUT2D eigenvalue weighted by atomic mass is 10.0. The first-order valence-corrected chi connectivity index (χ1v) is 11.3. The SMILES string of the molecule is CC(C)C(=O)N1CCOc2c(cc(-c3cccc(Cl)c3)cc2OCc2ccsc2)C1. The van der Waals surface area contributed by atoms with Gasteiger partial charge in [-0.25, -0.2) is 0 Å². The molecule has 1 aromatic heterocycles. The van der Waals surface area contributed by atoms with Gasteiger partial charge in [0.1, 0.15) is 13.2 Å². The van der Waals surface area contributed by atoms with Gasteiger partial charge in [-0.3, -0.25) is 4.79 Å². The first-order valence-electron chi connectivity index (χ1n) is 9.99. The van der Waals surface area contributed by atoms with Gasteiger partial charge in [-0.2, -0.15) is 11.3 Å². The van der Waals surface area contributed by atoms with Crippen LogP contribution in [0.5, 0.6) is 11.5 Å². The molecule has 0 unspecified atom stereocenters. The average molecular weight is 442 g/mol. The van der Waals surface area contributed by atoms with Crippen molar-refractivity contribution < 1.29 is 14.3 Å². The summed E-state index contributed by atoms with van der Waals surface area (Å²) in [6.45, 7) is 5.81. The molecule has 2 heterocycles. The second kappa shape index (κ2) is 9.11. The number of benzene rings is 2. The number of thiophene rings is 1. The lowest BCUT2D eigenvalue weighted by molar-refractivity contribution is -0.135. The first kappa shape index (κ1) is 20.8. The lowest BCUT2D eigenvalue weighted by Crippen LogP contribution is -2.35. The van der Waals surface area contributed by atoms with Gasteiger partial charge in [0.15, 0.2) is 11.5 Å². The van der Waals surface area contributed by atoms with Gasteiger partial charge in [0.25, 0.3) is 0 Å². The van der Waals surface area contributed by atoms with Gasteiger partial charge in [0, 0.05) is 23.0 Å². The minimum Gasteiger partial charge on any atom is -0.487 e. The van der Waals surface area contributed by atoms with Gasteiger partial charge >= 0.3 is 0 Å². The monoisotopic (exact) mass is 441 g/mol. The number of rotatable bonds is 5. The van der Waals surface area contributed by atoms with Crippen LogP contribution < -0.4 is 9.47 Å². The fourth-order valence-electron chi connectivity index (χ4n) is 3.51. The van der Waals surface area contributed by atoms with Crippen LogP contribution in [0.4, 0.5) is 0 Å². The summed E-state index contributed by atoms with van der Waals surface area (Å²) in [6, 6.07) is 13.9. The summed E-state index contributed by atoms with van der Waals surface area (Å²) in [5.41, 5.74) is 4.04. The maximum atomic E-state index is 12.6. The molecule has 30 heavy (non-hydrogen) atoms. The Hall–Kier alpha value is -2.50. The van der Waals surface area contributed by atoms with Gasteiger partial charge in [0.2, 0.25) is 5.91 Å². The van der Waals surface area contributed by atoms with Crippen molar-refractivity contribution in [1.29, 1.82) is 0 Å². The molecule has 0 saturated heterocycles. The average Bonchev–Trinajstić information content (AvgIpc) is 3.16. The molecule has 1 aliphatic heterocycles. The zero-order valence-corrected chi connectivity index (χ0v) is 18.6. The number of amides is 1. The number of carbonyl (C=O) groups excluding carboxylic acids is 1. The molecule has 0 spiro atoms. The highest BCUT2D eigenvalue weighted by atomic mass is 35.5. The first-order chi connectivity index (χ1) is 14.5. The molecule has 1 aliphatic rings. The molecular formula is C24H24ClNO3S. The highest BCUT2D eigenvalue weighted by Gasteiger charge is 2.25. The van der Waals surface area contributed by atoms with Crippen LogP contribution in [-0.2, 0) is 17.9 Å². The van der Waals surface area contributed by atoms with Crippen LogP contribution in [-0.4, -0.2) is 24.0 Å². The molecule has 156 valence electrons. The smallest absolute Gasteiger partial charge is 0.225 e. The van der Waals surface area contributed by atoms with E-state index in [0.717, 1.165) is 28.0 Å². The Kier molecular flexibility index (Phi) is 6.30. The van der Waals surface area contributed by atoms with Gasteiger partial charge in [-0.15, -0.1) is 0 Å². The summed E-state index contributed by atoms with van der Waals surface area (Å²) >= 11 is 7.87. The predicted molar refractivity (Wildman–Crippen MR) is 121 cm³/mol. The predicted octanol–water partition coefficient (Wildman–Crippen LogP) is 6.02. The molecule has 0 saturated carbocycles. The van der Waals surface area contributed by atoms with E-state index in [2.05, 4.69) is 11.4 Å². The number of halogens is 1. The van der Waals surface area contributed by atoms with E-state index in [0.29, 0.717) is 37.1 Å². The number of nitrogens with zero attached hydrogens (tertiary/aromatic N) is 1. The second-order valence-electron chi connectivity index (χ2n) is 7.66. The zero-order chi connectivity index (χ0) is 21.1. The molecule has 0 N–H and O–H groups in total. The van der Waals surface area contributed by atoms with Crippen molar-refractivity contribution >= 4 is 28.8 Å². The standard InChI is InChI=1S/C24H24ClNO3S/c1-16(2)24(27)26-7-8-28-23-20(13-26)10-19(18-4-3-5-21(25)11-18)12-22(23)29-14-17-6-9-30-15-17/h3-6,9-12,15-16H,7-8,13-14H2,1-2H3. The number of hydrogen-bond acceptors (Lipinski definition) is 4. The van der Waals surface area contributed by atoms with Crippen molar-refractivity contribution in [3.05, 3.63) is 69.4 Å².